The largest absolute Gasteiger partial charge is 0.192 e. The Bertz CT molecular complexity index is 330. The summed E-state index contributed by atoms with van der Waals surface area (Å²) in [4.78, 5) is 0. The van der Waals surface area contributed by atoms with Crippen LogP contribution in [-0.2, 0) is 0 Å². The van der Waals surface area contributed by atoms with Crippen LogP contribution in [0.25, 0.3) is 0 Å². The van der Waals surface area contributed by atoms with Crippen LogP contribution in [0.15, 0.2) is 16.6 Å². The van der Waals surface area contributed by atoms with Gasteiger partial charge < -0.3 is 0 Å². The molecule has 0 unspecified atom stereocenters. The van der Waals surface area contributed by atoms with Crippen molar-refractivity contribution < 1.29 is 0 Å². The Morgan fingerprint density at radius 1 is 1.27 bits per heavy atom. The number of hydrogen-bond acceptors (Lipinski definition) is 1. The van der Waals surface area contributed by atoms with Gasteiger partial charge in [0, 0.05) is 4.47 Å². The summed E-state index contributed by atoms with van der Waals surface area (Å²) in [6, 6.07) is 5.05. The molecule has 1 aromatic carbocycles. The van der Waals surface area contributed by atoms with E-state index in [2.05, 4.69) is 15.9 Å². The fraction of sp³-hybridized carbons (Fsp3) is 0. The molecule has 56 valence electrons. The van der Waals surface area contributed by atoms with Crippen LogP contribution in [0.2, 0.25) is 10.0 Å². The summed E-state index contributed by atoms with van der Waals surface area (Å²) in [7, 11) is 0. The fourth-order valence-electron chi connectivity index (χ4n) is 0.608. The lowest BCUT2D eigenvalue weighted by Gasteiger charge is -1.97. The van der Waals surface area contributed by atoms with Crippen molar-refractivity contribution in [2.45, 2.75) is 0 Å². The average Bonchev–Trinajstić information content (AvgIpc) is 1.97. The molecule has 1 rings (SSSR count). The van der Waals surface area contributed by atoms with Gasteiger partial charge in [0.2, 0.25) is 0 Å². The Morgan fingerprint density at radius 3 is 2.45 bits per heavy atom. The van der Waals surface area contributed by atoms with E-state index in [4.69, 9.17) is 28.5 Å². The molecule has 0 aromatic heterocycles. The Balaban J connectivity index is 3.35. The summed E-state index contributed by atoms with van der Waals surface area (Å²) in [5, 5.41) is 9.42. The number of nitriles is 1. The van der Waals surface area contributed by atoms with Crippen molar-refractivity contribution in [2.24, 2.45) is 0 Å². The first-order valence-corrected chi connectivity index (χ1v) is 4.24. The van der Waals surface area contributed by atoms with Gasteiger partial charge in [-0.3, -0.25) is 0 Å². The average molecular weight is 251 g/mol. The predicted octanol–water partition coefficient (Wildman–Crippen LogP) is 3.63. The van der Waals surface area contributed by atoms with E-state index in [1.807, 2.05) is 6.07 Å². The van der Waals surface area contributed by atoms with Gasteiger partial charge in [-0.2, -0.15) is 5.26 Å². The Kier molecular flexibility index (Phi) is 2.78. The zero-order valence-electron chi connectivity index (χ0n) is 5.24. The summed E-state index contributed by atoms with van der Waals surface area (Å²) in [5.74, 6) is 0. The molecular formula is C7H2BrCl2N. The summed E-state index contributed by atoms with van der Waals surface area (Å²) >= 11 is 14.6. The number of hydrogen-bond donors (Lipinski definition) is 0. The van der Waals surface area contributed by atoms with Gasteiger partial charge in [-0.05, 0) is 28.1 Å². The molecule has 0 bridgehead atoms. The number of halogens is 3. The molecule has 0 radical (unpaired) electrons. The van der Waals surface area contributed by atoms with E-state index in [0.29, 0.717) is 20.1 Å². The van der Waals surface area contributed by atoms with Gasteiger partial charge in [0.25, 0.3) is 0 Å². The Morgan fingerprint density at radius 2 is 1.91 bits per heavy atom. The number of benzene rings is 1. The topological polar surface area (TPSA) is 23.8 Å². The normalized spacial score (nSPS) is 9.27. The third kappa shape index (κ3) is 1.87. The molecule has 11 heavy (non-hydrogen) atoms. The van der Waals surface area contributed by atoms with Crippen LogP contribution in [0.5, 0.6) is 0 Å². The second-order valence-electron chi connectivity index (χ2n) is 1.86. The molecule has 0 saturated heterocycles. The standard InChI is InChI=1S/C7H2BrCl2N/c8-5-2-6(9)4(3-11)1-7(5)10/h1-2H. The maximum absolute atomic E-state index is 8.53. The van der Waals surface area contributed by atoms with Crippen molar-refractivity contribution >= 4 is 39.1 Å². The lowest BCUT2D eigenvalue weighted by Crippen LogP contribution is -1.77. The first kappa shape index (κ1) is 8.86. The van der Waals surface area contributed by atoms with Gasteiger partial charge in [-0.1, -0.05) is 23.2 Å². The van der Waals surface area contributed by atoms with E-state index < -0.39 is 0 Å². The van der Waals surface area contributed by atoms with Gasteiger partial charge in [0.05, 0.1) is 15.6 Å². The molecule has 0 amide bonds. The van der Waals surface area contributed by atoms with E-state index in [0.717, 1.165) is 0 Å². The van der Waals surface area contributed by atoms with Gasteiger partial charge in [0.1, 0.15) is 6.07 Å². The van der Waals surface area contributed by atoms with Crippen LogP contribution in [0, 0.1) is 11.3 Å². The minimum Gasteiger partial charge on any atom is -0.192 e. The van der Waals surface area contributed by atoms with Crippen molar-refractivity contribution in [1.29, 1.82) is 5.26 Å². The van der Waals surface area contributed by atoms with Gasteiger partial charge >= 0.3 is 0 Å². The highest BCUT2D eigenvalue weighted by Crippen LogP contribution is 2.28. The molecule has 1 nitrogen and oxygen atoms in total. The molecular weight excluding hydrogens is 249 g/mol. The minimum atomic E-state index is 0.389. The van der Waals surface area contributed by atoms with Crippen molar-refractivity contribution in [1.82, 2.24) is 0 Å². The third-order valence-corrected chi connectivity index (χ3v) is 2.64. The molecule has 4 heteroatoms. The van der Waals surface area contributed by atoms with Crippen LogP contribution >= 0.6 is 39.1 Å². The molecule has 0 heterocycles. The first-order chi connectivity index (χ1) is 5.15. The highest BCUT2D eigenvalue weighted by atomic mass is 79.9. The van der Waals surface area contributed by atoms with Gasteiger partial charge in [-0.15, -0.1) is 0 Å². The van der Waals surface area contributed by atoms with Crippen LogP contribution in [0.1, 0.15) is 5.56 Å². The van der Waals surface area contributed by atoms with Crippen molar-refractivity contribution in [3.63, 3.8) is 0 Å². The maximum Gasteiger partial charge on any atom is 0.101 e. The fourth-order valence-corrected chi connectivity index (χ4v) is 1.45. The van der Waals surface area contributed by atoms with Gasteiger partial charge in [-0.25, -0.2) is 0 Å². The monoisotopic (exact) mass is 249 g/mol. The smallest absolute Gasteiger partial charge is 0.101 e. The van der Waals surface area contributed by atoms with E-state index in [9.17, 15) is 0 Å². The van der Waals surface area contributed by atoms with E-state index in [1.165, 1.54) is 6.07 Å². The van der Waals surface area contributed by atoms with Crippen molar-refractivity contribution in [2.75, 3.05) is 0 Å². The molecule has 0 fully saturated rings. The Hall–Kier alpha value is -0.230. The number of nitrogens with zero attached hydrogens (tertiary/aromatic N) is 1. The second-order valence-corrected chi connectivity index (χ2v) is 3.53. The van der Waals surface area contributed by atoms with Crippen LogP contribution < -0.4 is 0 Å². The third-order valence-electron chi connectivity index (χ3n) is 1.13. The summed E-state index contributed by atoms with van der Waals surface area (Å²) in [6.45, 7) is 0. The molecule has 0 saturated carbocycles. The van der Waals surface area contributed by atoms with Crippen LogP contribution in [0.4, 0.5) is 0 Å². The van der Waals surface area contributed by atoms with Crippen LogP contribution in [0.3, 0.4) is 0 Å². The van der Waals surface area contributed by atoms with E-state index >= 15 is 0 Å². The quantitative estimate of drug-likeness (QED) is 0.646. The molecule has 1 aromatic rings. The first-order valence-electron chi connectivity index (χ1n) is 2.70. The predicted molar refractivity (Wildman–Crippen MR) is 48.9 cm³/mol. The Labute approximate surface area is 82.7 Å². The summed E-state index contributed by atoms with van der Waals surface area (Å²) in [5.41, 5.74) is 0.389. The molecule has 0 spiro atoms. The number of rotatable bonds is 0. The minimum absolute atomic E-state index is 0.389. The molecule has 0 N–H and O–H groups in total. The molecule has 0 aliphatic carbocycles. The summed E-state index contributed by atoms with van der Waals surface area (Å²) < 4.78 is 0.697. The zero-order chi connectivity index (χ0) is 8.43. The van der Waals surface area contributed by atoms with Crippen LogP contribution in [-0.4, -0.2) is 0 Å². The SMILES string of the molecule is N#Cc1cc(Cl)c(Br)cc1Cl. The highest BCUT2D eigenvalue weighted by molar-refractivity contribution is 9.10. The molecule has 0 aliphatic heterocycles. The van der Waals surface area contributed by atoms with E-state index in [1.54, 1.807) is 6.07 Å². The zero-order valence-corrected chi connectivity index (χ0v) is 8.33. The van der Waals surface area contributed by atoms with Crippen molar-refractivity contribution in [3.05, 3.63) is 32.2 Å². The van der Waals surface area contributed by atoms with Gasteiger partial charge in [0.15, 0.2) is 0 Å². The van der Waals surface area contributed by atoms with E-state index in [-0.39, 0.29) is 0 Å². The lowest BCUT2D eigenvalue weighted by molar-refractivity contribution is 1.48. The molecule has 0 aliphatic rings. The maximum atomic E-state index is 8.53. The molecule has 0 atom stereocenters. The summed E-state index contributed by atoms with van der Waals surface area (Å²) in [6.07, 6.45) is 0. The highest BCUT2D eigenvalue weighted by Gasteiger charge is 2.03. The second kappa shape index (κ2) is 3.44. The van der Waals surface area contributed by atoms with Crippen molar-refractivity contribution in [3.8, 4) is 6.07 Å². The lowest BCUT2D eigenvalue weighted by atomic mass is 10.2.